The van der Waals surface area contributed by atoms with Crippen molar-refractivity contribution in [2.24, 2.45) is 11.8 Å². The van der Waals surface area contributed by atoms with Gasteiger partial charge in [0.1, 0.15) is 0 Å². The Labute approximate surface area is 130 Å². The van der Waals surface area contributed by atoms with Crippen molar-refractivity contribution in [1.29, 1.82) is 0 Å². The van der Waals surface area contributed by atoms with Crippen LogP contribution in [0.15, 0.2) is 22.8 Å². The summed E-state index contributed by atoms with van der Waals surface area (Å²) in [6.45, 7) is 2.56. The predicted octanol–water partition coefficient (Wildman–Crippen LogP) is 0.136. The highest BCUT2D eigenvalue weighted by atomic mass is 16.3. The summed E-state index contributed by atoms with van der Waals surface area (Å²) in [4.78, 5) is 25.0. The largest absolute Gasteiger partial charge is 0.459 e. The highest BCUT2D eigenvalue weighted by Gasteiger charge is 2.34. The van der Waals surface area contributed by atoms with E-state index < -0.39 is 5.91 Å². The lowest BCUT2D eigenvalue weighted by molar-refractivity contribution is -0.902. The molecule has 1 aliphatic carbocycles. The molecular formula is C16H24N3O3+. The summed E-state index contributed by atoms with van der Waals surface area (Å²) in [6, 6.07) is 3.19. The second-order valence-corrected chi connectivity index (χ2v) is 6.45. The molecule has 0 spiro atoms. The lowest BCUT2D eigenvalue weighted by Crippen LogP contribution is -3.15. The molecule has 2 aliphatic rings. The highest BCUT2D eigenvalue weighted by molar-refractivity contribution is 5.92. The van der Waals surface area contributed by atoms with Crippen molar-refractivity contribution in [3.05, 3.63) is 24.2 Å². The van der Waals surface area contributed by atoms with Crippen LogP contribution in [0.1, 0.15) is 42.7 Å². The smallest absolute Gasteiger partial charge is 0.305 e. The van der Waals surface area contributed by atoms with Gasteiger partial charge >= 0.3 is 5.91 Å². The molecule has 3 atom stereocenters. The van der Waals surface area contributed by atoms with Crippen LogP contribution in [0.5, 0.6) is 0 Å². The van der Waals surface area contributed by atoms with Gasteiger partial charge in [-0.25, -0.2) is 0 Å². The van der Waals surface area contributed by atoms with Crippen LogP contribution in [0.3, 0.4) is 0 Å². The molecule has 1 aliphatic heterocycles. The zero-order valence-electron chi connectivity index (χ0n) is 12.8. The first-order chi connectivity index (χ1) is 10.7. The van der Waals surface area contributed by atoms with Crippen molar-refractivity contribution in [3.63, 3.8) is 0 Å². The van der Waals surface area contributed by atoms with E-state index in [1.54, 1.807) is 12.1 Å². The first kappa shape index (κ1) is 15.1. The van der Waals surface area contributed by atoms with Crippen molar-refractivity contribution < 1.29 is 18.9 Å². The molecule has 1 aromatic heterocycles. The summed E-state index contributed by atoms with van der Waals surface area (Å²) >= 11 is 0. The first-order valence-electron chi connectivity index (χ1n) is 8.18. The molecule has 0 radical (unpaired) electrons. The molecule has 6 nitrogen and oxygen atoms in total. The molecule has 3 N–H and O–H groups in total. The molecule has 1 unspecified atom stereocenters. The van der Waals surface area contributed by atoms with Crippen LogP contribution in [-0.2, 0) is 4.79 Å². The summed E-state index contributed by atoms with van der Waals surface area (Å²) in [5.74, 6) is 1.27. The molecule has 0 aromatic carbocycles. The number of carbonyl (C=O) groups is 2. The van der Waals surface area contributed by atoms with Crippen molar-refractivity contribution in [3.8, 4) is 0 Å². The Balaban J connectivity index is 1.41. The zero-order chi connectivity index (χ0) is 15.4. The maximum atomic E-state index is 12.0. The summed E-state index contributed by atoms with van der Waals surface area (Å²) in [5, 5.41) is 0. The minimum Gasteiger partial charge on any atom is -0.459 e. The fourth-order valence-electron chi connectivity index (χ4n) is 3.82. The molecule has 6 heteroatoms. The van der Waals surface area contributed by atoms with E-state index in [4.69, 9.17) is 4.42 Å². The van der Waals surface area contributed by atoms with Crippen LogP contribution in [0.2, 0.25) is 0 Å². The number of quaternary nitrogens is 1. The Kier molecular flexibility index (Phi) is 4.77. The van der Waals surface area contributed by atoms with Gasteiger partial charge in [-0.3, -0.25) is 20.4 Å². The topological polar surface area (TPSA) is 75.8 Å². The van der Waals surface area contributed by atoms with Crippen LogP contribution in [0, 0.1) is 11.8 Å². The second kappa shape index (κ2) is 6.96. The van der Waals surface area contributed by atoms with Gasteiger partial charge in [-0.05, 0) is 37.3 Å². The average molecular weight is 306 g/mol. The fourth-order valence-corrected chi connectivity index (χ4v) is 3.82. The third kappa shape index (κ3) is 3.68. The molecule has 120 valence electrons. The molecule has 2 amide bonds. The van der Waals surface area contributed by atoms with Crippen LogP contribution in [0.25, 0.3) is 0 Å². The van der Waals surface area contributed by atoms with Crippen molar-refractivity contribution in [1.82, 2.24) is 10.9 Å². The SMILES string of the molecule is O=C(C[NH+]1CC[C@@H]2CCCC[C@@H]2C1)NNC(=O)c1ccco1. The Morgan fingerprint density at radius 2 is 2.00 bits per heavy atom. The van der Waals surface area contributed by atoms with Gasteiger partial charge in [0.2, 0.25) is 0 Å². The summed E-state index contributed by atoms with van der Waals surface area (Å²) in [7, 11) is 0. The molecule has 1 saturated carbocycles. The standard InChI is InChI=1S/C16H23N3O3/c20-15(17-18-16(21)14-6-3-9-22-14)11-19-8-7-12-4-1-2-5-13(12)10-19/h3,6,9,12-13H,1-2,4-5,7-8,10-11H2,(H,17,20)(H,18,21)/p+1/t12-,13+/m0/s1. The van der Waals surface area contributed by atoms with Crippen LogP contribution in [0.4, 0.5) is 0 Å². The van der Waals surface area contributed by atoms with Gasteiger partial charge in [0.15, 0.2) is 12.3 Å². The van der Waals surface area contributed by atoms with E-state index in [-0.39, 0.29) is 11.7 Å². The molecule has 0 bridgehead atoms. The number of furan rings is 1. The third-order valence-electron chi connectivity index (χ3n) is 4.96. The monoisotopic (exact) mass is 306 g/mol. The van der Waals surface area contributed by atoms with Gasteiger partial charge in [-0.2, -0.15) is 0 Å². The Bertz CT molecular complexity index is 515. The molecule has 1 aromatic rings. The zero-order valence-corrected chi connectivity index (χ0v) is 12.8. The third-order valence-corrected chi connectivity index (χ3v) is 4.96. The maximum absolute atomic E-state index is 12.0. The van der Waals surface area contributed by atoms with Gasteiger partial charge in [0, 0.05) is 5.92 Å². The second-order valence-electron chi connectivity index (χ2n) is 6.45. The number of carbonyl (C=O) groups excluding carboxylic acids is 2. The number of likely N-dealkylation sites (tertiary alicyclic amines) is 1. The van der Waals surface area contributed by atoms with E-state index in [1.807, 2.05) is 0 Å². The highest BCUT2D eigenvalue weighted by Crippen LogP contribution is 2.32. The van der Waals surface area contributed by atoms with Crippen LogP contribution in [-0.4, -0.2) is 31.4 Å². The molecule has 2 heterocycles. The quantitative estimate of drug-likeness (QED) is 0.695. The van der Waals surface area contributed by atoms with Gasteiger partial charge in [0.25, 0.3) is 5.91 Å². The Hall–Kier alpha value is -1.82. The number of nitrogens with one attached hydrogen (secondary N) is 3. The van der Waals surface area contributed by atoms with Crippen molar-refractivity contribution in [2.75, 3.05) is 19.6 Å². The molecular weight excluding hydrogens is 282 g/mol. The van der Waals surface area contributed by atoms with Gasteiger partial charge < -0.3 is 9.32 Å². The van der Waals surface area contributed by atoms with E-state index in [0.717, 1.165) is 24.9 Å². The number of fused-ring (bicyclic) bond motifs is 1. The van der Waals surface area contributed by atoms with Crippen molar-refractivity contribution >= 4 is 11.8 Å². The minimum atomic E-state index is -0.431. The molecule has 3 rings (SSSR count). The minimum absolute atomic E-state index is 0.149. The maximum Gasteiger partial charge on any atom is 0.305 e. The molecule has 2 fully saturated rings. The first-order valence-corrected chi connectivity index (χ1v) is 8.18. The van der Waals surface area contributed by atoms with Crippen LogP contribution >= 0.6 is 0 Å². The van der Waals surface area contributed by atoms with Crippen molar-refractivity contribution in [2.45, 2.75) is 32.1 Å². The number of piperidine rings is 1. The summed E-state index contributed by atoms with van der Waals surface area (Å²) in [6.07, 6.45) is 8.03. The summed E-state index contributed by atoms with van der Waals surface area (Å²) in [5.41, 5.74) is 4.86. The van der Waals surface area contributed by atoms with Crippen LogP contribution < -0.4 is 15.8 Å². The number of hydrogen-bond donors (Lipinski definition) is 3. The van der Waals surface area contributed by atoms with Gasteiger partial charge in [-0.1, -0.05) is 12.8 Å². The summed E-state index contributed by atoms with van der Waals surface area (Å²) < 4.78 is 4.97. The van der Waals surface area contributed by atoms with E-state index in [9.17, 15) is 9.59 Å². The number of rotatable bonds is 3. The normalized spacial score (nSPS) is 27.7. The number of hydrogen-bond acceptors (Lipinski definition) is 3. The van der Waals surface area contributed by atoms with Gasteiger partial charge in [-0.15, -0.1) is 0 Å². The van der Waals surface area contributed by atoms with E-state index in [2.05, 4.69) is 10.9 Å². The Morgan fingerprint density at radius 1 is 1.18 bits per heavy atom. The molecule has 1 saturated heterocycles. The number of hydrazine groups is 1. The van der Waals surface area contributed by atoms with Gasteiger partial charge in [0.05, 0.1) is 19.4 Å². The number of amides is 2. The lowest BCUT2D eigenvalue weighted by atomic mass is 9.75. The Morgan fingerprint density at radius 3 is 2.77 bits per heavy atom. The van der Waals surface area contributed by atoms with E-state index in [1.165, 1.54) is 43.3 Å². The molecule has 22 heavy (non-hydrogen) atoms. The predicted molar refractivity (Wildman–Crippen MR) is 79.9 cm³/mol. The van der Waals surface area contributed by atoms with E-state index in [0.29, 0.717) is 6.54 Å². The fraction of sp³-hybridized carbons (Fsp3) is 0.625. The van der Waals surface area contributed by atoms with E-state index >= 15 is 0 Å². The average Bonchev–Trinajstić information content (AvgIpc) is 3.07. The lowest BCUT2D eigenvalue weighted by Gasteiger charge is -2.38.